The number of anilines is 2. The molecule has 35 heavy (non-hydrogen) atoms. The minimum absolute atomic E-state index is 0.0213. The van der Waals surface area contributed by atoms with Gasteiger partial charge in [-0.25, -0.2) is 13.8 Å². The van der Waals surface area contributed by atoms with Crippen molar-refractivity contribution in [3.05, 3.63) is 71.7 Å². The maximum Gasteiger partial charge on any atom is 0.229 e. The number of aryl methyl sites for hydroxylation is 1. The van der Waals surface area contributed by atoms with Crippen LogP contribution in [0.15, 0.2) is 48.9 Å². The molecule has 9 heteroatoms. The van der Waals surface area contributed by atoms with Crippen LogP contribution in [0.5, 0.6) is 0 Å². The molecule has 182 valence electrons. The van der Waals surface area contributed by atoms with E-state index in [1.54, 1.807) is 44.6 Å². The van der Waals surface area contributed by atoms with E-state index in [1.807, 2.05) is 13.0 Å². The molecule has 1 saturated carbocycles. The van der Waals surface area contributed by atoms with Crippen LogP contribution in [0.1, 0.15) is 43.7 Å². The van der Waals surface area contributed by atoms with Crippen LogP contribution >= 0.6 is 0 Å². The van der Waals surface area contributed by atoms with Gasteiger partial charge in [0.05, 0.1) is 40.5 Å². The SMILES string of the molecule is Cc1cc(F)c(-c2ccc3cnc(Nc4cnccc4[C@H]4C[C@@H](N)[C@](C)(O)[C@@H](C)C4)n3n2)c(F)c1. The first-order valence-electron chi connectivity index (χ1n) is 11.6. The van der Waals surface area contributed by atoms with Gasteiger partial charge in [0, 0.05) is 12.2 Å². The molecule has 1 aliphatic carbocycles. The molecule has 0 aliphatic heterocycles. The van der Waals surface area contributed by atoms with E-state index in [2.05, 4.69) is 20.4 Å². The summed E-state index contributed by atoms with van der Waals surface area (Å²) < 4.78 is 30.7. The molecular formula is C26H28F2N6O. The Morgan fingerprint density at radius 2 is 1.89 bits per heavy atom. The number of nitrogens with one attached hydrogen (secondary N) is 1. The number of aromatic nitrogens is 4. The molecule has 7 nitrogen and oxygen atoms in total. The summed E-state index contributed by atoms with van der Waals surface area (Å²) in [6, 6.07) is 7.45. The van der Waals surface area contributed by atoms with Crippen LogP contribution in [0, 0.1) is 24.5 Å². The van der Waals surface area contributed by atoms with Crippen LogP contribution in [0.25, 0.3) is 16.8 Å². The van der Waals surface area contributed by atoms with Gasteiger partial charge in [-0.15, -0.1) is 0 Å². The third-order valence-corrected chi connectivity index (χ3v) is 7.29. The molecule has 0 spiro atoms. The lowest BCUT2D eigenvalue weighted by atomic mass is 9.68. The molecule has 4 aromatic rings. The highest BCUT2D eigenvalue weighted by Crippen LogP contribution is 2.43. The second-order valence-corrected chi connectivity index (χ2v) is 9.73. The average molecular weight is 479 g/mol. The Labute approximate surface area is 202 Å². The smallest absolute Gasteiger partial charge is 0.229 e. The standard InChI is InChI=1S/C26H28F2N6O/c1-14-8-19(27)24(20(28)9-14)21-5-4-17-12-31-25(34(17)33-21)32-22-13-30-7-6-18(22)16-10-15(2)26(3,35)23(29)11-16/h4-9,12-13,15-16,23,35H,10-11,29H2,1-3H3,(H,31,32)/t15-,16+,23+,26+/m0/s1. The van der Waals surface area contributed by atoms with E-state index in [0.717, 1.165) is 17.7 Å². The van der Waals surface area contributed by atoms with E-state index in [1.165, 1.54) is 16.6 Å². The van der Waals surface area contributed by atoms with Gasteiger partial charge in [0.1, 0.15) is 11.6 Å². The second-order valence-electron chi connectivity index (χ2n) is 9.73. The topological polar surface area (TPSA) is 101 Å². The van der Waals surface area contributed by atoms with Gasteiger partial charge in [-0.05, 0) is 80.0 Å². The first-order valence-corrected chi connectivity index (χ1v) is 11.6. The fourth-order valence-electron chi connectivity index (χ4n) is 4.96. The number of fused-ring (bicyclic) bond motifs is 1. The molecule has 4 atom stereocenters. The van der Waals surface area contributed by atoms with E-state index < -0.39 is 17.2 Å². The quantitative estimate of drug-likeness (QED) is 0.393. The van der Waals surface area contributed by atoms with Crippen molar-refractivity contribution in [3.63, 3.8) is 0 Å². The number of hydrogen-bond donors (Lipinski definition) is 3. The number of imidazole rings is 1. The van der Waals surface area contributed by atoms with E-state index in [0.29, 0.717) is 23.4 Å². The lowest BCUT2D eigenvalue weighted by molar-refractivity contribution is -0.0463. The number of rotatable bonds is 4. The fourth-order valence-corrected chi connectivity index (χ4v) is 4.96. The highest BCUT2D eigenvalue weighted by Gasteiger charge is 2.42. The molecular weight excluding hydrogens is 450 g/mol. The van der Waals surface area contributed by atoms with E-state index in [4.69, 9.17) is 5.73 Å². The van der Waals surface area contributed by atoms with Gasteiger partial charge >= 0.3 is 0 Å². The molecule has 4 N–H and O–H groups in total. The lowest BCUT2D eigenvalue weighted by Gasteiger charge is -2.44. The monoisotopic (exact) mass is 478 g/mol. The number of hydrogen-bond acceptors (Lipinski definition) is 6. The van der Waals surface area contributed by atoms with E-state index >= 15 is 0 Å². The molecule has 1 aromatic carbocycles. The molecule has 5 rings (SSSR count). The molecule has 0 radical (unpaired) electrons. The van der Waals surface area contributed by atoms with Crippen molar-refractivity contribution < 1.29 is 13.9 Å². The zero-order valence-corrected chi connectivity index (χ0v) is 19.8. The molecule has 1 aliphatic rings. The first kappa shape index (κ1) is 23.3. The molecule has 0 unspecified atom stereocenters. The van der Waals surface area contributed by atoms with Gasteiger partial charge < -0.3 is 16.2 Å². The number of nitrogens with two attached hydrogens (primary N) is 1. The molecule has 0 amide bonds. The van der Waals surface area contributed by atoms with Crippen molar-refractivity contribution in [2.24, 2.45) is 11.7 Å². The third-order valence-electron chi connectivity index (χ3n) is 7.29. The zero-order valence-electron chi connectivity index (χ0n) is 19.8. The number of halogens is 2. The normalized spacial score (nSPS) is 24.6. The number of nitrogens with zero attached hydrogens (tertiary/aromatic N) is 4. The molecule has 3 aromatic heterocycles. The van der Waals surface area contributed by atoms with Crippen LogP contribution < -0.4 is 11.1 Å². The van der Waals surface area contributed by atoms with Gasteiger partial charge in [-0.3, -0.25) is 4.98 Å². The Hall–Kier alpha value is -3.43. The molecule has 1 fully saturated rings. The minimum Gasteiger partial charge on any atom is -0.388 e. The lowest BCUT2D eigenvalue weighted by Crippen LogP contribution is -2.54. The van der Waals surface area contributed by atoms with Gasteiger partial charge in [0.25, 0.3) is 0 Å². The van der Waals surface area contributed by atoms with Crippen molar-refractivity contribution >= 4 is 17.2 Å². The summed E-state index contributed by atoms with van der Waals surface area (Å²) in [5.41, 5.74) is 8.30. The Morgan fingerprint density at radius 1 is 1.14 bits per heavy atom. The first-order chi connectivity index (χ1) is 16.6. The largest absolute Gasteiger partial charge is 0.388 e. The summed E-state index contributed by atoms with van der Waals surface area (Å²) >= 11 is 0. The minimum atomic E-state index is -0.919. The van der Waals surface area contributed by atoms with Crippen molar-refractivity contribution in [2.45, 2.75) is 51.2 Å². The summed E-state index contributed by atoms with van der Waals surface area (Å²) in [6.45, 7) is 5.44. The Balaban J connectivity index is 1.51. The number of pyridine rings is 1. The van der Waals surface area contributed by atoms with Gasteiger partial charge in [0.15, 0.2) is 0 Å². The second kappa shape index (κ2) is 8.66. The Kier molecular flexibility index (Phi) is 5.77. The summed E-state index contributed by atoms with van der Waals surface area (Å²) in [5.74, 6) is -0.803. The highest BCUT2D eigenvalue weighted by molar-refractivity contribution is 5.66. The van der Waals surface area contributed by atoms with Crippen LogP contribution in [0.3, 0.4) is 0 Å². The summed E-state index contributed by atoms with van der Waals surface area (Å²) in [4.78, 5) is 8.70. The van der Waals surface area contributed by atoms with Gasteiger partial charge in [0.2, 0.25) is 5.95 Å². The molecule has 3 heterocycles. The highest BCUT2D eigenvalue weighted by atomic mass is 19.1. The fraction of sp³-hybridized carbons (Fsp3) is 0.346. The van der Waals surface area contributed by atoms with Crippen LogP contribution in [0.2, 0.25) is 0 Å². The van der Waals surface area contributed by atoms with Crippen molar-refractivity contribution in [1.82, 2.24) is 19.6 Å². The predicted molar refractivity (Wildman–Crippen MR) is 130 cm³/mol. The van der Waals surface area contributed by atoms with Crippen molar-refractivity contribution in [1.29, 1.82) is 0 Å². The van der Waals surface area contributed by atoms with Gasteiger partial charge in [-0.2, -0.15) is 9.61 Å². The number of aliphatic hydroxyl groups is 1. The van der Waals surface area contributed by atoms with Crippen LogP contribution in [0.4, 0.5) is 20.4 Å². The maximum absolute atomic E-state index is 14.6. The van der Waals surface area contributed by atoms with Crippen LogP contribution in [-0.2, 0) is 0 Å². The van der Waals surface area contributed by atoms with Crippen molar-refractivity contribution in [3.8, 4) is 11.3 Å². The van der Waals surface area contributed by atoms with Gasteiger partial charge in [-0.1, -0.05) is 6.92 Å². The Morgan fingerprint density at radius 3 is 2.60 bits per heavy atom. The average Bonchev–Trinajstić information content (AvgIpc) is 3.19. The third kappa shape index (κ3) is 4.15. The zero-order chi connectivity index (χ0) is 24.9. The molecule has 0 saturated heterocycles. The van der Waals surface area contributed by atoms with E-state index in [-0.39, 0.29) is 29.1 Å². The number of benzene rings is 1. The Bertz CT molecular complexity index is 1360. The maximum atomic E-state index is 14.6. The van der Waals surface area contributed by atoms with Crippen molar-refractivity contribution in [2.75, 3.05) is 5.32 Å². The summed E-state index contributed by atoms with van der Waals surface area (Å²) in [6.07, 6.45) is 6.48. The van der Waals surface area contributed by atoms with E-state index in [9.17, 15) is 13.9 Å². The summed E-state index contributed by atoms with van der Waals surface area (Å²) in [5, 5.41) is 18.5. The van der Waals surface area contributed by atoms with Crippen LogP contribution in [-0.4, -0.2) is 36.3 Å². The molecule has 0 bridgehead atoms. The summed E-state index contributed by atoms with van der Waals surface area (Å²) in [7, 11) is 0. The predicted octanol–water partition coefficient (Wildman–Crippen LogP) is 4.71.